The normalized spacial score (nSPS) is 11.0. The highest BCUT2D eigenvalue weighted by Gasteiger charge is 2.24. The summed E-state index contributed by atoms with van der Waals surface area (Å²) in [6.07, 6.45) is 0. The smallest absolute Gasteiger partial charge is 0.277 e. The zero-order valence-electron chi connectivity index (χ0n) is 20.4. The number of aryl methyl sites for hydroxylation is 1. The van der Waals surface area contributed by atoms with E-state index in [2.05, 4.69) is 20.6 Å². The first-order valence-corrected chi connectivity index (χ1v) is 12.1. The third-order valence-electron chi connectivity index (χ3n) is 6.19. The summed E-state index contributed by atoms with van der Waals surface area (Å²) in [5.41, 5.74) is 3.29. The van der Waals surface area contributed by atoms with Crippen LogP contribution in [0.5, 0.6) is 0 Å². The van der Waals surface area contributed by atoms with Crippen LogP contribution >= 0.6 is 0 Å². The van der Waals surface area contributed by atoms with E-state index in [0.29, 0.717) is 34.2 Å². The monoisotopic (exact) mass is 498 g/mol. The molecule has 0 atom stereocenters. The van der Waals surface area contributed by atoms with E-state index < -0.39 is 11.5 Å². The highest BCUT2D eigenvalue weighted by Crippen LogP contribution is 2.32. The van der Waals surface area contributed by atoms with Crippen LogP contribution in [-0.2, 0) is 0 Å². The van der Waals surface area contributed by atoms with Crippen molar-refractivity contribution in [3.8, 4) is 28.2 Å². The Morgan fingerprint density at radius 3 is 2.29 bits per heavy atom. The van der Waals surface area contributed by atoms with Crippen molar-refractivity contribution in [3.63, 3.8) is 0 Å². The lowest BCUT2D eigenvalue weighted by atomic mass is 9.95. The second-order valence-electron chi connectivity index (χ2n) is 8.78. The summed E-state index contributed by atoms with van der Waals surface area (Å²) >= 11 is 0. The Kier molecular flexibility index (Phi) is 5.82. The second-order valence-corrected chi connectivity index (χ2v) is 8.78. The van der Waals surface area contributed by atoms with E-state index in [-0.39, 0.29) is 5.56 Å². The van der Waals surface area contributed by atoms with E-state index in [0.717, 1.165) is 16.5 Å². The van der Waals surface area contributed by atoms with Gasteiger partial charge in [-0.2, -0.15) is 14.9 Å². The number of benzene rings is 3. The molecule has 184 valence electrons. The maximum atomic E-state index is 13.8. The fourth-order valence-corrected chi connectivity index (χ4v) is 4.47. The van der Waals surface area contributed by atoms with E-state index >= 15 is 0 Å². The zero-order valence-corrected chi connectivity index (χ0v) is 20.4. The number of carbonyl (C=O) groups is 1. The molecular formula is C30H22N6O2. The third kappa shape index (κ3) is 4.24. The van der Waals surface area contributed by atoms with Crippen LogP contribution in [0.4, 0.5) is 5.82 Å². The molecule has 0 aliphatic rings. The number of aromatic nitrogens is 5. The molecule has 0 radical (unpaired) electrons. The molecule has 6 aromatic rings. The zero-order chi connectivity index (χ0) is 26.1. The number of fused-ring (bicyclic) bond motifs is 1. The molecule has 2 N–H and O–H groups in total. The van der Waals surface area contributed by atoms with E-state index in [4.69, 9.17) is 4.98 Å². The van der Waals surface area contributed by atoms with Crippen LogP contribution in [0.3, 0.4) is 0 Å². The Balaban J connectivity index is 1.47. The number of H-pyrrole nitrogens is 1. The molecule has 6 rings (SSSR count). The summed E-state index contributed by atoms with van der Waals surface area (Å²) in [5, 5.41) is 15.3. The standard InChI is InChI=1S/C30H22N6O2/c1-19-18-25(36(35-19)24-17-16-20-10-8-9-15-23(20)31-24)32-29(37)27-26(21-11-4-2-5-12-21)28(33-34-30(27)38)22-13-6-3-7-14-22/h2-18H,1H3,(H,32,37)(H,34,38). The molecule has 0 bridgehead atoms. The molecule has 0 unspecified atom stereocenters. The largest absolute Gasteiger partial charge is 0.306 e. The average molecular weight is 499 g/mol. The topological polar surface area (TPSA) is 106 Å². The van der Waals surface area contributed by atoms with Gasteiger partial charge in [-0.1, -0.05) is 78.9 Å². The highest BCUT2D eigenvalue weighted by atomic mass is 16.2. The SMILES string of the molecule is Cc1cc(NC(=O)c2c(-c3ccccc3)c(-c3ccccc3)n[nH]c2=O)n(-c2ccc3ccccc3n2)n1. The first-order chi connectivity index (χ1) is 18.6. The first-order valence-electron chi connectivity index (χ1n) is 12.1. The fourth-order valence-electron chi connectivity index (χ4n) is 4.47. The van der Waals surface area contributed by atoms with Crippen LogP contribution in [0.25, 0.3) is 39.1 Å². The Morgan fingerprint density at radius 1 is 0.842 bits per heavy atom. The van der Waals surface area contributed by atoms with Crippen molar-refractivity contribution in [3.05, 3.63) is 125 Å². The van der Waals surface area contributed by atoms with Crippen molar-refractivity contribution in [2.24, 2.45) is 0 Å². The van der Waals surface area contributed by atoms with E-state index in [1.54, 1.807) is 10.7 Å². The van der Waals surface area contributed by atoms with Crippen molar-refractivity contribution < 1.29 is 4.79 Å². The highest BCUT2D eigenvalue weighted by molar-refractivity contribution is 6.10. The van der Waals surface area contributed by atoms with Gasteiger partial charge in [-0.25, -0.2) is 10.1 Å². The van der Waals surface area contributed by atoms with Crippen LogP contribution in [0.2, 0.25) is 0 Å². The van der Waals surface area contributed by atoms with Crippen molar-refractivity contribution in [2.45, 2.75) is 6.92 Å². The summed E-state index contributed by atoms with van der Waals surface area (Å²) in [5.74, 6) is 0.363. The van der Waals surface area contributed by atoms with Gasteiger partial charge in [-0.05, 0) is 30.7 Å². The number of nitrogens with one attached hydrogen (secondary N) is 2. The number of rotatable bonds is 5. The predicted octanol–water partition coefficient (Wildman–Crippen LogP) is 5.40. The van der Waals surface area contributed by atoms with Gasteiger partial charge in [0.25, 0.3) is 11.5 Å². The minimum Gasteiger partial charge on any atom is -0.306 e. The van der Waals surface area contributed by atoms with Crippen molar-refractivity contribution in [2.75, 3.05) is 5.32 Å². The summed E-state index contributed by atoms with van der Waals surface area (Å²) in [6, 6.07) is 32.0. The van der Waals surface area contributed by atoms with Gasteiger partial charge in [0, 0.05) is 22.6 Å². The van der Waals surface area contributed by atoms with Gasteiger partial charge in [0.1, 0.15) is 11.4 Å². The molecule has 8 nitrogen and oxygen atoms in total. The van der Waals surface area contributed by atoms with E-state index in [9.17, 15) is 9.59 Å². The maximum Gasteiger partial charge on any atom is 0.277 e. The number of pyridine rings is 1. The summed E-state index contributed by atoms with van der Waals surface area (Å²) < 4.78 is 1.56. The molecule has 1 amide bonds. The molecule has 3 aromatic heterocycles. The molecule has 0 aliphatic carbocycles. The van der Waals surface area contributed by atoms with Gasteiger partial charge in [0.05, 0.1) is 16.9 Å². The summed E-state index contributed by atoms with van der Waals surface area (Å²) in [6.45, 7) is 1.83. The van der Waals surface area contributed by atoms with Crippen LogP contribution < -0.4 is 10.9 Å². The van der Waals surface area contributed by atoms with Gasteiger partial charge in [0.2, 0.25) is 0 Å². The summed E-state index contributed by atoms with van der Waals surface area (Å²) in [4.78, 5) is 31.6. The number of hydrogen-bond acceptors (Lipinski definition) is 5. The molecule has 38 heavy (non-hydrogen) atoms. The Hall–Kier alpha value is -5.37. The molecule has 0 aliphatic heterocycles. The minimum absolute atomic E-state index is 0.0399. The van der Waals surface area contributed by atoms with Crippen LogP contribution in [0, 0.1) is 6.92 Å². The molecule has 0 spiro atoms. The van der Waals surface area contributed by atoms with Crippen LogP contribution in [0.1, 0.15) is 16.1 Å². The summed E-state index contributed by atoms with van der Waals surface area (Å²) in [7, 11) is 0. The van der Waals surface area contributed by atoms with E-state index in [1.807, 2.05) is 104 Å². The number of carbonyl (C=O) groups excluding carboxylic acids is 1. The average Bonchev–Trinajstić information content (AvgIpc) is 3.33. The second kappa shape index (κ2) is 9.59. The molecule has 8 heteroatoms. The lowest BCUT2D eigenvalue weighted by Gasteiger charge is -2.14. The van der Waals surface area contributed by atoms with Crippen molar-refractivity contribution in [1.29, 1.82) is 0 Å². The minimum atomic E-state index is -0.590. The predicted molar refractivity (Wildman–Crippen MR) is 147 cm³/mol. The fraction of sp³-hybridized carbons (Fsp3) is 0.0333. The number of anilines is 1. The molecule has 0 saturated heterocycles. The number of nitrogens with zero attached hydrogens (tertiary/aromatic N) is 4. The number of amides is 1. The maximum absolute atomic E-state index is 13.8. The number of para-hydroxylation sites is 1. The Bertz CT molecular complexity index is 1840. The molecule has 0 fully saturated rings. The van der Waals surface area contributed by atoms with E-state index in [1.165, 1.54) is 0 Å². The molecular weight excluding hydrogens is 476 g/mol. The van der Waals surface area contributed by atoms with Gasteiger partial charge in [0.15, 0.2) is 5.82 Å². The number of hydrogen-bond donors (Lipinski definition) is 2. The Morgan fingerprint density at radius 2 is 1.53 bits per heavy atom. The lowest BCUT2D eigenvalue weighted by Crippen LogP contribution is -2.27. The van der Waals surface area contributed by atoms with Gasteiger partial charge >= 0.3 is 0 Å². The van der Waals surface area contributed by atoms with Crippen LogP contribution in [-0.4, -0.2) is 30.9 Å². The number of aromatic amines is 1. The first kappa shape index (κ1) is 23.1. The quantitative estimate of drug-likeness (QED) is 0.331. The molecule has 0 saturated carbocycles. The van der Waals surface area contributed by atoms with Crippen LogP contribution in [0.15, 0.2) is 108 Å². The molecule has 3 aromatic carbocycles. The van der Waals surface area contributed by atoms with Gasteiger partial charge in [-0.3, -0.25) is 9.59 Å². The Labute approximate surface area is 217 Å². The van der Waals surface area contributed by atoms with Crippen molar-refractivity contribution in [1.82, 2.24) is 25.0 Å². The lowest BCUT2D eigenvalue weighted by molar-refractivity contribution is 0.102. The molecule has 3 heterocycles. The van der Waals surface area contributed by atoms with Gasteiger partial charge < -0.3 is 5.32 Å². The van der Waals surface area contributed by atoms with Gasteiger partial charge in [-0.15, -0.1) is 0 Å². The van der Waals surface area contributed by atoms with Crippen molar-refractivity contribution >= 4 is 22.6 Å². The third-order valence-corrected chi connectivity index (χ3v) is 6.19.